The zero-order valence-corrected chi connectivity index (χ0v) is 15.2. The topological polar surface area (TPSA) is 29.5 Å². The number of benzene rings is 2. The maximum Gasteiger partial charge on any atom is 0.263 e. The number of amides is 1. The van der Waals surface area contributed by atoms with Crippen molar-refractivity contribution >= 4 is 5.91 Å². The van der Waals surface area contributed by atoms with Crippen LogP contribution in [0.25, 0.3) is 0 Å². The Hall–Kier alpha value is -2.29. The summed E-state index contributed by atoms with van der Waals surface area (Å²) in [5.74, 6) is 1.53. The maximum atomic E-state index is 12.7. The van der Waals surface area contributed by atoms with E-state index in [-0.39, 0.29) is 5.91 Å². The van der Waals surface area contributed by atoms with E-state index in [0.717, 1.165) is 43.7 Å². The Labute approximate surface area is 150 Å². The van der Waals surface area contributed by atoms with Crippen LogP contribution in [-0.4, -0.2) is 30.0 Å². The van der Waals surface area contributed by atoms with E-state index in [9.17, 15) is 4.79 Å². The minimum atomic E-state index is -0.438. The van der Waals surface area contributed by atoms with Gasteiger partial charge in [0, 0.05) is 13.1 Å². The van der Waals surface area contributed by atoms with Gasteiger partial charge in [0.1, 0.15) is 5.75 Å². The first-order chi connectivity index (χ1) is 12.1. The Morgan fingerprint density at radius 2 is 1.84 bits per heavy atom. The summed E-state index contributed by atoms with van der Waals surface area (Å²) in [7, 11) is 0. The quantitative estimate of drug-likeness (QED) is 0.816. The molecule has 3 nitrogen and oxygen atoms in total. The van der Waals surface area contributed by atoms with Gasteiger partial charge in [-0.2, -0.15) is 0 Å². The fourth-order valence-electron chi connectivity index (χ4n) is 3.51. The van der Waals surface area contributed by atoms with Crippen molar-refractivity contribution in [2.75, 3.05) is 13.1 Å². The van der Waals surface area contributed by atoms with Gasteiger partial charge in [-0.25, -0.2) is 0 Å². The second-order valence-corrected chi connectivity index (χ2v) is 7.03. The van der Waals surface area contributed by atoms with Gasteiger partial charge in [-0.3, -0.25) is 4.79 Å². The fraction of sp³-hybridized carbons (Fsp3) is 0.409. The van der Waals surface area contributed by atoms with Gasteiger partial charge in [0.05, 0.1) is 0 Å². The van der Waals surface area contributed by atoms with Crippen molar-refractivity contribution in [3.05, 3.63) is 65.7 Å². The van der Waals surface area contributed by atoms with Gasteiger partial charge in [0.25, 0.3) is 5.91 Å². The van der Waals surface area contributed by atoms with Crippen LogP contribution in [0.15, 0.2) is 54.6 Å². The van der Waals surface area contributed by atoms with Crippen molar-refractivity contribution < 1.29 is 9.53 Å². The third kappa shape index (κ3) is 4.85. The van der Waals surface area contributed by atoms with Crippen molar-refractivity contribution in [3.8, 4) is 5.75 Å². The highest BCUT2D eigenvalue weighted by atomic mass is 16.5. The minimum absolute atomic E-state index is 0.0969. The van der Waals surface area contributed by atoms with E-state index < -0.39 is 6.10 Å². The molecule has 2 aromatic rings. The minimum Gasteiger partial charge on any atom is -0.481 e. The number of hydrogen-bond donors (Lipinski definition) is 0. The van der Waals surface area contributed by atoms with Crippen LogP contribution < -0.4 is 4.74 Å². The molecular formula is C22H27NO2. The molecule has 0 spiro atoms. The summed E-state index contributed by atoms with van der Waals surface area (Å²) in [6.07, 6.45) is 2.81. The lowest BCUT2D eigenvalue weighted by molar-refractivity contribution is -0.139. The van der Waals surface area contributed by atoms with Gasteiger partial charge in [0.2, 0.25) is 0 Å². The van der Waals surface area contributed by atoms with Crippen molar-refractivity contribution in [2.45, 2.75) is 39.2 Å². The maximum absolute atomic E-state index is 12.7. The van der Waals surface area contributed by atoms with Crippen LogP contribution in [0.2, 0.25) is 0 Å². The van der Waals surface area contributed by atoms with E-state index in [4.69, 9.17) is 4.74 Å². The summed E-state index contributed by atoms with van der Waals surface area (Å²) in [5.41, 5.74) is 2.53. The van der Waals surface area contributed by atoms with Gasteiger partial charge in [-0.1, -0.05) is 42.5 Å². The molecule has 1 unspecified atom stereocenters. The monoisotopic (exact) mass is 337 g/mol. The van der Waals surface area contributed by atoms with Crippen LogP contribution >= 0.6 is 0 Å². The summed E-state index contributed by atoms with van der Waals surface area (Å²) >= 11 is 0. The van der Waals surface area contributed by atoms with Crippen LogP contribution in [0, 0.1) is 12.8 Å². The number of carbonyl (C=O) groups excluding carboxylic acids is 1. The van der Waals surface area contributed by atoms with Gasteiger partial charge < -0.3 is 9.64 Å². The molecule has 0 N–H and O–H groups in total. The summed E-state index contributed by atoms with van der Waals surface area (Å²) < 4.78 is 5.84. The molecule has 1 heterocycles. The Morgan fingerprint density at radius 1 is 1.12 bits per heavy atom. The number of rotatable bonds is 5. The lowest BCUT2D eigenvalue weighted by atomic mass is 9.90. The van der Waals surface area contributed by atoms with Gasteiger partial charge in [-0.15, -0.1) is 0 Å². The Morgan fingerprint density at radius 3 is 2.52 bits per heavy atom. The number of likely N-dealkylation sites (tertiary alicyclic amines) is 1. The molecule has 1 fully saturated rings. The predicted octanol–water partition coefficient (Wildman–Crippen LogP) is 4.24. The third-order valence-electron chi connectivity index (χ3n) is 4.94. The number of ether oxygens (including phenoxy) is 1. The van der Waals surface area contributed by atoms with Gasteiger partial charge >= 0.3 is 0 Å². The number of carbonyl (C=O) groups is 1. The molecule has 1 aliphatic rings. The fourth-order valence-corrected chi connectivity index (χ4v) is 3.51. The SMILES string of the molecule is Cc1cccc(OC(C)C(=O)N2CCC(Cc3ccccc3)CC2)c1. The molecule has 1 atom stereocenters. The van der Waals surface area contributed by atoms with E-state index in [0.29, 0.717) is 5.92 Å². The average Bonchev–Trinajstić information content (AvgIpc) is 2.62. The summed E-state index contributed by atoms with van der Waals surface area (Å²) in [6, 6.07) is 18.5. The van der Waals surface area contributed by atoms with E-state index in [1.54, 1.807) is 0 Å². The molecule has 1 saturated heterocycles. The first kappa shape index (κ1) is 17.5. The van der Waals surface area contributed by atoms with Gasteiger partial charge in [0.15, 0.2) is 6.10 Å². The van der Waals surface area contributed by atoms with E-state index in [1.165, 1.54) is 5.56 Å². The molecule has 0 bridgehead atoms. The third-order valence-corrected chi connectivity index (χ3v) is 4.94. The first-order valence-corrected chi connectivity index (χ1v) is 9.18. The molecular weight excluding hydrogens is 310 g/mol. The second-order valence-electron chi connectivity index (χ2n) is 7.03. The number of nitrogens with zero attached hydrogens (tertiary/aromatic N) is 1. The number of hydrogen-bond acceptors (Lipinski definition) is 2. The first-order valence-electron chi connectivity index (χ1n) is 9.18. The van der Waals surface area contributed by atoms with E-state index in [1.807, 2.05) is 43.0 Å². The summed E-state index contributed by atoms with van der Waals surface area (Å²) in [6.45, 7) is 5.54. The number of aryl methyl sites for hydroxylation is 1. The highest BCUT2D eigenvalue weighted by Gasteiger charge is 2.27. The molecule has 3 rings (SSSR count). The molecule has 3 heteroatoms. The van der Waals surface area contributed by atoms with E-state index >= 15 is 0 Å². The van der Waals surface area contributed by atoms with Crippen molar-refractivity contribution in [1.82, 2.24) is 4.90 Å². The second kappa shape index (κ2) is 8.19. The molecule has 0 aliphatic carbocycles. The van der Waals surface area contributed by atoms with Crippen LogP contribution in [0.3, 0.4) is 0 Å². The average molecular weight is 337 g/mol. The normalized spacial score (nSPS) is 16.5. The lowest BCUT2D eigenvalue weighted by Crippen LogP contribution is -2.45. The Bertz CT molecular complexity index is 690. The van der Waals surface area contributed by atoms with Gasteiger partial charge in [-0.05, 0) is 62.3 Å². The highest BCUT2D eigenvalue weighted by Crippen LogP contribution is 2.23. The summed E-state index contributed by atoms with van der Waals surface area (Å²) in [5, 5.41) is 0. The van der Waals surface area contributed by atoms with Crippen molar-refractivity contribution in [3.63, 3.8) is 0 Å². The molecule has 0 aromatic heterocycles. The molecule has 0 radical (unpaired) electrons. The molecule has 0 saturated carbocycles. The van der Waals surface area contributed by atoms with Crippen LogP contribution in [0.5, 0.6) is 5.75 Å². The predicted molar refractivity (Wildman–Crippen MR) is 101 cm³/mol. The zero-order chi connectivity index (χ0) is 17.6. The van der Waals surface area contributed by atoms with Crippen LogP contribution in [-0.2, 0) is 11.2 Å². The molecule has 1 aliphatic heterocycles. The number of piperidine rings is 1. The molecule has 1 amide bonds. The van der Waals surface area contributed by atoms with Crippen LogP contribution in [0.4, 0.5) is 0 Å². The van der Waals surface area contributed by atoms with E-state index in [2.05, 4.69) is 30.3 Å². The smallest absolute Gasteiger partial charge is 0.263 e. The Kier molecular flexibility index (Phi) is 5.75. The highest BCUT2D eigenvalue weighted by molar-refractivity contribution is 5.81. The largest absolute Gasteiger partial charge is 0.481 e. The van der Waals surface area contributed by atoms with Crippen molar-refractivity contribution in [2.24, 2.45) is 5.92 Å². The Balaban J connectivity index is 1.49. The van der Waals surface area contributed by atoms with Crippen LogP contribution in [0.1, 0.15) is 30.9 Å². The molecule has 2 aromatic carbocycles. The zero-order valence-electron chi connectivity index (χ0n) is 15.2. The lowest BCUT2D eigenvalue weighted by Gasteiger charge is -2.33. The standard InChI is InChI=1S/C22H27NO2/c1-17-7-6-10-21(15-17)25-18(2)22(24)23-13-11-20(12-14-23)16-19-8-4-3-5-9-19/h3-10,15,18,20H,11-14,16H2,1-2H3. The molecule has 25 heavy (non-hydrogen) atoms. The van der Waals surface area contributed by atoms with Crippen molar-refractivity contribution in [1.29, 1.82) is 0 Å². The molecule has 132 valence electrons. The summed E-state index contributed by atoms with van der Waals surface area (Å²) in [4.78, 5) is 14.6.